The van der Waals surface area contributed by atoms with Crippen LogP contribution in [0.25, 0.3) is 0 Å². The number of carbonyl (C=O) groups is 1. The molecule has 0 saturated carbocycles. The first-order valence-corrected chi connectivity index (χ1v) is 7.78. The highest BCUT2D eigenvalue weighted by atomic mass is 16.5. The number of ether oxygens (including phenoxy) is 2. The highest BCUT2D eigenvalue weighted by molar-refractivity contribution is 5.93. The van der Waals surface area contributed by atoms with Crippen molar-refractivity contribution in [2.45, 2.75) is 6.42 Å². The van der Waals surface area contributed by atoms with Crippen molar-refractivity contribution < 1.29 is 14.3 Å². The van der Waals surface area contributed by atoms with Gasteiger partial charge in [0.25, 0.3) is 0 Å². The minimum absolute atomic E-state index is 0.127. The summed E-state index contributed by atoms with van der Waals surface area (Å²) in [7, 11) is 3.31. The molecular weight excluding hydrogens is 300 g/mol. The number of hydrogen-bond acceptors (Lipinski definition) is 3. The fraction of sp³-hybridized carbons (Fsp3) is 0.143. The second-order valence-corrected chi connectivity index (χ2v) is 5.50. The van der Waals surface area contributed by atoms with Crippen LogP contribution < -0.4 is 9.47 Å². The zero-order valence-corrected chi connectivity index (χ0v) is 13.8. The molecule has 2 aromatic carbocycles. The molecule has 0 fully saturated rings. The minimum Gasteiger partial charge on any atom is -0.497 e. The molecule has 1 aliphatic rings. The molecule has 3 heteroatoms. The zero-order valence-electron chi connectivity index (χ0n) is 13.8. The van der Waals surface area contributed by atoms with Gasteiger partial charge >= 0.3 is 0 Å². The van der Waals surface area contributed by atoms with E-state index in [1.165, 1.54) is 0 Å². The van der Waals surface area contributed by atoms with Gasteiger partial charge < -0.3 is 9.47 Å². The molecule has 0 atom stereocenters. The van der Waals surface area contributed by atoms with Gasteiger partial charge in [-0.1, -0.05) is 36.4 Å². The number of rotatable bonds is 5. The van der Waals surface area contributed by atoms with Crippen LogP contribution in [0.3, 0.4) is 0 Å². The first-order chi connectivity index (χ1) is 11.7. The van der Waals surface area contributed by atoms with Crippen LogP contribution in [0.4, 0.5) is 0 Å². The van der Waals surface area contributed by atoms with Gasteiger partial charge in [-0.3, -0.25) is 4.79 Å². The third kappa shape index (κ3) is 3.40. The summed E-state index contributed by atoms with van der Waals surface area (Å²) in [5, 5.41) is 0. The summed E-state index contributed by atoms with van der Waals surface area (Å²) in [6, 6.07) is 15.9. The van der Waals surface area contributed by atoms with E-state index in [4.69, 9.17) is 9.47 Å². The van der Waals surface area contributed by atoms with Crippen LogP contribution in [0.5, 0.6) is 11.5 Å². The quantitative estimate of drug-likeness (QED) is 0.831. The van der Waals surface area contributed by atoms with Crippen molar-refractivity contribution in [3.63, 3.8) is 0 Å². The zero-order chi connectivity index (χ0) is 16.9. The molecule has 0 amide bonds. The summed E-state index contributed by atoms with van der Waals surface area (Å²) >= 11 is 0. The average Bonchev–Trinajstić information content (AvgIpc) is 2.64. The van der Waals surface area contributed by atoms with Gasteiger partial charge in [0.05, 0.1) is 20.1 Å². The Morgan fingerprint density at radius 1 is 0.792 bits per heavy atom. The van der Waals surface area contributed by atoms with Crippen LogP contribution in [0.15, 0.2) is 72.3 Å². The summed E-state index contributed by atoms with van der Waals surface area (Å²) in [5.41, 5.74) is 3.20. The predicted molar refractivity (Wildman–Crippen MR) is 94.3 cm³/mol. The third-order valence-corrected chi connectivity index (χ3v) is 4.02. The lowest BCUT2D eigenvalue weighted by Gasteiger charge is -2.21. The lowest BCUT2D eigenvalue weighted by atomic mass is 9.82. The van der Waals surface area contributed by atoms with E-state index >= 15 is 0 Å². The van der Waals surface area contributed by atoms with Gasteiger partial charge in [-0.15, -0.1) is 0 Å². The first-order valence-electron chi connectivity index (χ1n) is 7.78. The van der Waals surface area contributed by atoms with E-state index in [2.05, 4.69) is 0 Å². The van der Waals surface area contributed by atoms with E-state index in [-0.39, 0.29) is 5.78 Å². The Labute approximate surface area is 142 Å². The molecule has 0 bridgehead atoms. The standard InChI is InChI=1S/C21H19O3/c1-23-19-11-5-16(6-12-19)21(15-3-9-18(22)10-4-15)17-7-13-20(24-2)14-8-17/h3-9,11-14H,10H2,1-2H3. The molecule has 2 aromatic rings. The van der Waals surface area contributed by atoms with Crippen molar-refractivity contribution >= 4 is 5.78 Å². The maximum absolute atomic E-state index is 11.5. The van der Waals surface area contributed by atoms with Crippen LogP contribution in [0.1, 0.15) is 17.5 Å². The Balaban J connectivity index is 2.02. The number of hydrogen-bond donors (Lipinski definition) is 0. The van der Waals surface area contributed by atoms with Crippen LogP contribution in [-0.2, 0) is 4.79 Å². The highest BCUT2D eigenvalue weighted by Gasteiger charge is 2.20. The van der Waals surface area contributed by atoms with Gasteiger partial charge in [-0.25, -0.2) is 0 Å². The number of methoxy groups -OCH3 is 2. The summed E-state index contributed by atoms with van der Waals surface area (Å²) in [6.07, 6.45) is 5.94. The van der Waals surface area contributed by atoms with Crippen molar-refractivity contribution in [2.75, 3.05) is 14.2 Å². The van der Waals surface area contributed by atoms with Gasteiger partial charge in [0.2, 0.25) is 0 Å². The van der Waals surface area contributed by atoms with Crippen LogP contribution in [0, 0.1) is 5.92 Å². The molecule has 0 aromatic heterocycles. The number of ketones is 1. The number of allylic oxidation sites excluding steroid dienone is 4. The third-order valence-electron chi connectivity index (χ3n) is 4.02. The molecular formula is C21H19O3. The summed E-state index contributed by atoms with van der Waals surface area (Å²) in [6.45, 7) is 0. The molecule has 0 saturated heterocycles. The van der Waals surface area contributed by atoms with E-state index in [0.29, 0.717) is 6.42 Å². The molecule has 0 aliphatic heterocycles. The van der Waals surface area contributed by atoms with Crippen LogP contribution in [0.2, 0.25) is 0 Å². The molecule has 0 N–H and O–H groups in total. The van der Waals surface area contributed by atoms with Gasteiger partial charge in [-0.05, 0) is 47.0 Å². The fourth-order valence-corrected chi connectivity index (χ4v) is 2.73. The fourth-order valence-electron chi connectivity index (χ4n) is 2.73. The second-order valence-electron chi connectivity index (χ2n) is 5.50. The molecule has 0 unspecified atom stereocenters. The molecule has 1 aliphatic carbocycles. The molecule has 121 valence electrons. The van der Waals surface area contributed by atoms with E-state index in [1.54, 1.807) is 20.3 Å². The Bertz CT molecular complexity index is 720. The van der Waals surface area contributed by atoms with Gasteiger partial charge in [0.1, 0.15) is 11.5 Å². The molecule has 3 nitrogen and oxygen atoms in total. The number of benzene rings is 2. The van der Waals surface area contributed by atoms with Gasteiger partial charge in [0, 0.05) is 6.42 Å². The Morgan fingerprint density at radius 2 is 1.29 bits per heavy atom. The first kappa shape index (κ1) is 16.1. The van der Waals surface area contributed by atoms with Crippen molar-refractivity contribution in [3.05, 3.63) is 89.4 Å². The van der Waals surface area contributed by atoms with Crippen LogP contribution in [-0.4, -0.2) is 20.0 Å². The summed E-state index contributed by atoms with van der Waals surface area (Å²) < 4.78 is 10.5. The van der Waals surface area contributed by atoms with E-state index < -0.39 is 0 Å². The highest BCUT2D eigenvalue weighted by Crippen LogP contribution is 2.34. The average molecular weight is 319 g/mol. The molecule has 0 heterocycles. The van der Waals surface area contributed by atoms with Gasteiger partial charge in [0.15, 0.2) is 5.78 Å². The van der Waals surface area contributed by atoms with E-state index in [9.17, 15) is 4.79 Å². The topological polar surface area (TPSA) is 35.5 Å². The largest absolute Gasteiger partial charge is 0.497 e. The van der Waals surface area contributed by atoms with Crippen molar-refractivity contribution in [1.82, 2.24) is 0 Å². The molecule has 1 radical (unpaired) electrons. The maximum Gasteiger partial charge on any atom is 0.159 e. The second kappa shape index (κ2) is 7.18. The van der Waals surface area contributed by atoms with Crippen molar-refractivity contribution in [3.8, 4) is 11.5 Å². The Morgan fingerprint density at radius 3 is 1.67 bits per heavy atom. The van der Waals surface area contributed by atoms with E-state index in [1.807, 2.05) is 60.7 Å². The smallest absolute Gasteiger partial charge is 0.159 e. The lowest BCUT2D eigenvalue weighted by Crippen LogP contribution is -2.08. The van der Waals surface area contributed by atoms with E-state index in [0.717, 1.165) is 34.1 Å². The van der Waals surface area contributed by atoms with Crippen LogP contribution >= 0.6 is 0 Å². The monoisotopic (exact) mass is 319 g/mol. The Kier molecular flexibility index (Phi) is 4.80. The van der Waals surface area contributed by atoms with Crippen molar-refractivity contribution in [1.29, 1.82) is 0 Å². The SMILES string of the molecule is COc1ccc([C](C2=CCC(=O)C=C2)c2ccc(OC)cc2)cc1. The molecule has 0 spiro atoms. The Hall–Kier alpha value is -2.81. The van der Waals surface area contributed by atoms with Gasteiger partial charge in [-0.2, -0.15) is 0 Å². The lowest BCUT2D eigenvalue weighted by molar-refractivity contribution is -0.113. The predicted octanol–water partition coefficient (Wildman–Crippen LogP) is 4.13. The summed E-state index contributed by atoms with van der Waals surface area (Å²) in [4.78, 5) is 11.5. The normalized spacial score (nSPS) is 13.8. The summed E-state index contributed by atoms with van der Waals surface area (Å²) in [5.74, 6) is 2.85. The molecule has 24 heavy (non-hydrogen) atoms. The van der Waals surface area contributed by atoms with Crippen molar-refractivity contribution in [2.24, 2.45) is 0 Å². The molecule has 3 rings (SSSR count). The number of carbonyl (C=O) groups excluding carboxylic acids is 1. The maximum atomic E-state index is 11.5. The minimum atomic E-state index is 0.127.